The molecule has 0 fully saturated rings. The van der Waals surface area contributed by atoms with Crippen molar-refractivity contribution in [2.75, 3.05) is 5.32 Å². The summed E-state index contributed by atoms with van der Waals surface area (Å²) in [6.45, 7) is 4.55. The van der Waals surface area contributed by atoms with Crippen LogP contribution in [0.5, 0.6) is 0 Å². The van der Waals surface area contributed by atoms with Crippen molar-refractivity contribution < 1.29 is 0 Å². The number of fused-ring (bicyclic) bond motifs is 4. The van der Waals surface area contributed by atoms with Gasteiger partial charge in [-0.15, -0.1) is 0 Å². The molecular weight excluding hydrogens is 635 g/mol. The Balaban J connectivity index is 1.17. The van der Waals surface area contributed by atoms with Crippen LogP contribution in [0.1, 0.15) is 36.1 Å². The van der Waals surface area contributed by atoms with Crippen LogP contribution in [0, 0.1) is 5.41 Å². The van der Waals surface area contributed by atoms with Gasteiger partial charge in [0.15, 0.2) is 17.5 Å². The Morgan fingerprint density at radius 1 is 0.519 bits per heavy atom. The lowest BCUT2D eigenvalue weighted by Gasteiger charge is -2.22. The molecular formula is C47H35N5. The first-order valence-corrected chi connectivity index (χ1v) is 17.5. The number of nitrogens with one attached hydrogen (secondary N) is 2. The number of hydrogen-bond donors (Lipinski definition) is 2. The summed E-state index contributed by atoms with van der Waals surface area (Å²) in [6.07, 6.45) is 0. The van der Waals surface area contributed by atoms with Gasteiger partial charge in [-0.2, -0.15) is 0 Å². The van der Waals surface area contributed by atoms with Gasteiger partial charge in [0.25, 0.3) is 0 Å². The van der Waals surface area contributed by atoms with Crippen LogP contribution < -0.4 is 5.32 Å². The Bertz CT molecular complexity index is 2570. The number of benzene rings is 7. The van der Waals surface area contributed by atoms with Crippen LogP contribution in [-0.2, 0) is 5.41 Å². The van der Waals surface area contributed by atoms with Crippen LogP contribution in [0.2, 0.25) is 0 Å². The average Bonchev–Trinajstić information content (AvgIpc) is 3.43. The average molecular weight is 670 g/mol. The Kier molecular flexibility index (Phi) is 7.55. The SMILES string of the molecule is CC1(C)c2ccc(C(=N)c3c(Nc4ccccc4)ccc4ccccc34)cc2-c2cc(-c3nc(-c4ccccc4)nc(-c4ccccc4)n3)ccc21. The monoisotopic (exact) mass is 669 g/mol. The molecule has 1 aromatic heterocycles. The highest BCUT2D eigenvalue weighted by Crippen LogP contribution is 2.50. The summed E-state index contributed by atoms with van der Waals surface area (Å²) in [6, 6.07) is 55.9. The first-order valence-electron chi connectivity index (χ1n) is 17.5. The highest BCUT2D eigenvalue weighted by atomic mass is 15.0. The molecule has 5 nitrogen and oxygen atoms in total. The Hall–Kier alpha value is -6.72. The number of nitrogens with zero attached hydrogens (tertiary/aromatic N) is 3. The van der Waals surface area contributed by atoms with Crippen molar-refractivity contribution in [3.05, 3.63) is 186 Å². The van der Waals surface area contributed by atoms with Gasteiger partial charge in [0.1, 0.15) is 0 Å². The van der Waals surface area contributed by atoms with E-state index in [-0.39, 0.29) is 5.41 Å². The van der Waals surface area contributed by atoms with E-state index in [4.69, 9.17) is 15.0 Å². The molecule has 52 heavy (non-hydrogen) atoms. The van der Waals surface area contributed by atoms with E-state index in [1.54, 1.807) is 0 Å². The standard InChI is InChI=1S/C47H35N5/c1-47(2)39-25-22-33(43(48)42-36-21-13-12-14-30(36)24-27-41(42)49-35-19-10-5-11-20-35)28-37(39)38-29-34(23-26-40(38)47)46-51-44(31-15-6-3-7-16-31)50-45(52-46)32-17-8-4-9-18-32/h3-29,48-49H,1-2H3. The Morgan fingerprint density at radius 2 is 1.06 bits per heavy atom. The third-order valence-corrected chi connectivity index (χ3v) is 10.2. The van der Waals surface area contributed by atoms with Crippen LogP contribution in [0.15, 0.2) is 164 Å². The molecule has 7 aromatic carbocycles. The predicted molar refractivity (Wildman–Crippen MR) is 213 cm³/mol. The molecule has 0 saturated carbocycles. The number of rotatable bonds is 7. The number of hydrogen-bond acceptors (Lipinski definition) is 5. The fourth-order valence-electron chi connectivity index (χ4n) is 7.47. The summed E-state index contributed by atoms with van der Waals surface area (Å²) in [5.74, 6) is 1.89. The largest absolute Gasteiger partial charge is 0.355 e. The van der Waals surface area contributed by atoms with Gasteiger partial charge in [0.2, 0.25) is 0 Å². The summed E-state index contributed by atoms with van der Waals surface area (Å²) < 4.78 is 0. The van der Waals surface area contributed by atoms with Gasteiger partial charge in [-0.1, -0.05) is 147 Å². The number of anilines is 2. The first kappa shape index (κ1) is 31.3. The zero-order chi connectivity index (χ0) is 35.2. The smallest absolute Gasteiger partial charge is 0.164 e. The summed E-state index contributed by atoms with van der Waals surface area (Å²) in [5.41, 5.74) is 11.4. The first-order chi connectivity index (χ1) is 25.4. The molecule has 0 amide bonds. The third-order valence-electron chi connectivity index (χ3n) is 10.2. The lowest BCUT2D eigenvalue weighted by atomic mass is 9.82. The van der Waals surface area contributed by atoms with Crippen LogP contribution in [-0.4, -0.2) is 20.7 Å². The summed E-state index contributed by atoms with van der Waals surface area (Å²) in [4.78, 5) is 14.9. The van der Waals surface area contributed by atoms with E-state index in [0.717, 1.165) is 61.1 Å². The van der Waals surface area contributed by atoms with Crippen molar-refractivity contribution in [2.24, 2.45) is 0 Å². The molecule has 1 heterocycles. The van der Waals surface area contributed by atoms with Crippen LogP contribution in [0.4, 0.5) is 11.4 Å². The highest BCUT2D eigenvalue weighted by molar-refractivity contribution is 6.22. The molecule has 1 aliphatic rings. The second-order valence-corrected chi connectivity index (χ2v) is 13.8. The lowest BCUT2D eigenvalue weighted by Crippen LogP contribution is -2.15. The fraction of sp³-hybridized carbons (Fsp3) is 0.0638. The van der Waals surface area contributed by atoms with Gasteiger partial charge >= 0.3 is 0 Å². The summed E-state index contributed by atoms with van der Waals surface area (Å²) in [5, 5.41) is 15.5. The van der Waals surface area contributed by atoms with Gasteiger partial charge < -0.3 is 5.32 Å². The van der Waals surface area contributed by atoms with E-state index < -0.39 is 0 Å². The van der Waals surface area contributed by atoms with Crippen molar-refractivity contribution >= 4 is 27.9 Å². The Labute approximate surface area is 303 Å². The van der Waals surface area contributed by atoms with E-state index in [9.17, 15) is 5.41 Å². The van der Waals surface area contributed by atoms with Gasteiger partial charge in [0.05, 0.1) is 5.71 Å². The van der Waals surface area contributed by atoms with Crippen molar-refractivity contribution in [2.45, 2.75) is 19.3 Å². The quantitative estimate of drug-likeness (QED) is 0.166. The van der Waals surface area contributed by atoms with Gasteiger partial charge in [-0.05, 0) is 63.4 Å². The lowest BCUT2D eigenvalue weighted by molar-refractivity contribution is 0.660. The maximum atomic E-state index is 9.73. The van der Waals surface area contributed by atoms with Gasteiger partial charge in [-0.25, -0.2) is 15.0 Å². The number of para-hydroxylation sites is 1. The van der Waals surface area contributed by atoms with Crippen LogP contribution in [0.3, 0.4) is 0 Å². The van der Waals surface area contributed by atoms with E-state index in [1.807, 2.05) is 103 Å². The zero-order valence-electron chi connectivity index (χ0n) is 28.9. The van der Waals surface area contributed by atoms with Gasteiger partial charge in [-0.3, -0.25) is 5.41 Å². The molecule has 0 saturated heterocycles. The van der Waals surface area contributed by atoms with E-state index in [0.29, 0.717) is 23.2 Å². The maximum Gasteiger partial charge on any atom is 0.164 e. The highest BCUT2D eigenvalue weighted by Gasteiger charge is 2.36. The van der Waals surface area contributed by atoms with Crippen molar-refractivity contribution in [1.82, 2.24) is 15.0 Å². The van der Waals surface area contributed by atoms with Crippen LogP contribution >= 0.6 is 0 Å². The van der Waals surface area contributed by atoms with Gasteiger partial charge in [0, 0.05) is 44.6 Å². The van der Waals surface area contributed by atoms with E-state index >= 15 is 0 Å². The molecule has 1 aliphatic carbocycles. The molecule has 9 rings (SSSR count). The topological polar surface area (TPSA) is 74.6 Å². The van der Waals surface area contributed by atoms with E-state index in [1.165, 1.54) is 11.1 Å². The molecule has 0 radical (unpaired) electrons. The minimum Gasteiger partial charge on any atom is -0.355 e. The molecule has 0 atom stereocenters. The molecule has 0 bridgehead atoms. The van der Waals surface area contributed by atoms with Crippen molar-refractivity contribution in [3.8, 4) is 45.3 Å². The van der Waals surface area contributed by atoms with E-state index in [2.05, 4.69) is 79.8 Å². The molecule has 248 valence electrons. The second-order valence-electron chi connectivity index (χ2n) is 13.8. The van der Waals surface area contributed by atoms with Crippen molar-refractivity contribution in [3.63, 3.8) is 0 Å². The predicted octanol–water partition coefficient (Wildman–Crippen LogP) is 11.5. The zero-order valence-corrected chi connectivity index (χ0v) is 28.9. The molecule has 5 heteroatoms. The molecule has 0 aliphatic heterocycles. The molecule has 8 aromatic rings. The second kappa shape index (κ2) is 12.6. The fourth-order valence-corrected chi connectivity index (χ4v) is 7.47. The molecule has 0 spiro atoms. The summed E-state index contributed by atoms with van der Waals surface area (Å²) >= 11 is 0. The van der Waals surface area contributed by atoms with Crippen LogP contribution in [0.25, 0.3) is 56.1 Å². The third kappa shape index (κ3) is 5.44. The van der Waals surface area contributed by atoms with Crippen molar-refractivity contribution in [1.29, 1.82) is 5.41 Å². The Morgan fingerprint density at radius 3 is 1.71 bits per heavy atom. The molecule has 0 unspecified atom stereocenters. The minimum atomic E-state index is -0.215. The summed E-state index contributed by atoms with van der Waals surface area (Å²) in [7, 11) is 0. The number of aromatic nitrogens is 3. The normalized spacial score (nSPS) is 12.7. The molecule has 2 N–H and O–H groups in total. The minimum absolute atomic E-state index is 0.215. The maximum absolute atomic E-state index is 9.73.